The van der Waals surface area contributed by atoms with Crippen molar-refractivity contribution < 1.29 is 9.90 Å². The molecule has 2 aromatic rings. The normalized spacial score (nSPS) is 12.0. The Kier molecular flexibility index (Phi) is 5.21. The third-order valence-corrected chi connectivity index (χ3v) is 3.94. The molecule has 0 aliphatic carbocycles. The van der Waals surface area contributed by atoms with Crippen LogP contribution in [0.3, 0.4) is 0 Å². The fraction of sp³-hybridized carbons (Fsp3) is 0.316. The molecule has 0 spiro atoms. The van der Waals surface area contributed by atoms with Crippen LogP contribution in [0.5, 0.6) is 0 Å². The second-order valence-electron chi connectivity index (χ2n) is 5.88. The number of carbonyl (C=O) groups is 1. The molecule has 0 heterocycles. The second kappa shape index (κ2) is 7.12. The molecule has 0 bridgehead atoms. The number of anilines is 1. The zero-order valence-corrected chi connectivity index (χ0v) is 13.4. The summed E-state index contributed by atoms with van der Waals surface area (Å²) in [6.45, 7) is 7.10. The minimum atomic E-state index is -0.762. The molecular weight excluding hydrogens is 274 g/mol. The van der Waals surface area contributed by atoms with E-state index in [2.05, 4.69) is 55.1 Å². The third-order valence-electron chi connectivity index (χ3n) is 3.94. The number of aryl methyl sites for hydroxylation is 2. The average Bonchev–Trinajstić information content (AvgIpc) is 2.49. The molecule has 0 amide bonds. The van der Waals surface area contributed by atoms with Gasteiger partial charge in [0.2, 0.25) is 0 Å². The van der Waals surface area contributed by atoms with Crippen LogP contribution in [0.2, 0.25) is 0 Å². The van der Waals surface area contributed by atoms with E-state index in [0.717, 1.165) is 5.69 Å². The SMILES string of the molecule is Cc1ccc(N(Cc2ccccc2C)CC(C)C(=O)O)cc1. The van der Waals surface area contributed by atoms with E-state index in [1.807, 2.05) is 12.1 Å². The average molecular weight is 297 g/mol. The van der Waals surface area contributed by atoms with Crippen molar-refractivity contribution in [2.45, 2.75) is 27.3 Å². The minimum Gasteiger partial charge on any atom is -0.481 e. The van der Waals surface area contributed by atoms with Crippen molar-refractivity contribution in [2.75, 3.05) is 11.4 Å². The first-order valence-electron chi connectivity index (χ1n) is 7.56. The number of hydrogen-bond acceptors (Lipinski definition) is 2. The highest BCUT2D eigenvalue weighted by Crippen LogP contribution is 2.21. The van der Waals surface area contributed by atoms with E-state index in [1.54, 1.807) is 6.92 Å². The Bertz CT molecular complexity index is 634. The number of aliphatic carboxylic acids is 1. The smallest absolute Gasteiger partial charge is 0.308 e. The molecule has 0 aromatic heterocycles. The molecular formula is C19H23NO2. The Morgan fingerprint density at radius 1 is 1.09 bits per heavy atom. The van der Waals surface area contributed by atoms with E-state index in [0.29, 0.717) is 13.1 Å². The van der Waals surface area contributed by atoms with E-state index >= 15 is 0 Å². The van der Waals surface area contributed by atoms with Crippen LogP contribution in [0.15, 0.2) is 48.5 Å². The molecule has 0 radical (unpaired) electrons. The first-order valence-corrected chi connectivity index (χ1v) is 7.56. The Hall–Kier alpha value is -2.29. The minimum absolute atomic E-state index is 0.412. The van der Waals surface area contributed by atoms with Crippen molar-refractivity contribution in [3.05, 3.63) is 65.2 Å². The lowest BCUT2D eigenvalue weighted by atomic mass is 10.1. The number of benzene rings is 2. The van der Waals surface area contributed by atoms with Gasteiger partial charge in [0.1, 0.15) is 0 Å². The fourth-order valence-electron chi connectivity index (χ4n) is 2.42. The largest absolute Gasteiger partial charge is 0.481 e. The van der Waals surface area contributed by atoms with E-state index in [-0.39, 0.29) is 0 Å². The van der Waals surface area contributed by atoms with Crippen LogP contribution in [0, 0.1) is 19.8 Å². The maximum absolute atomic E-state index is 11.2. The summed E-state index contributed by atoms with van der Waals surface area (Å²) in [6.07, 6.45) is 0. The number of rotatable bonds is 6. The first-order chi connectivity index (χ1) is 10.5. The van der Waals surface area contributed by atoms with Gasteiger partial charge in [-0.3, -0.25) is 4.79 Å². The zero-order valence-electron chi connectivity index (χ0n) is 13.4. The predicted octanol–water partition coefficient (Wildman–Crippen LogP) is 4.03. The maximum atomic E-state index is 11.2. The second-order valence-corrected chi connectivity index (χ2v) is 5.88. The van der Waals surface area contributed by atoms with Crippen molar-refractivity contribution in [2.24, 2.45) is 5.92 Å². The van der Waals surface area contributed by atoms with Gasteiger partial charge < -0.3 is 10.0 Å². The standard InChI is InChI=1S/C19H23NO2/c1-14-8-10-18(11-9-14)20(12-16(3)19(21)22)13-17-7-5-4-6-15(17)2/h4-11,16H,12-13H2,1-3H3,(H,21,22). The van der Waals surface area contributed by atoms with E-state index in [4.69, 9.17) is 0 Å². The molecule has 1 unspecified atom stereocenters. The van der Waals surface area contributed by atoms with Gasteiger partial charge in [0.05, 0.1) is 5.92 Å². The van der Waals surface area contributed by atoms with E-state index in [1.165, 1.54) is 16.7 Å². The van der Waals surface area contributed by atoms with Crippen molar-refractivity contribution in [3.63, 3.8) is 0 Å². The molecule has 0 aliphatic rings. The van der Waals surface area contributed by atoms with Gasteiger partial charge in [-0.05, 0) is 37.1 Å². The number of carboxylic acids is 1. The lowest BCUT2D eigenvalue weighted by Gasteiger charge is -2.27. The van der Waals surface area contributed by atoms with Crippen LogP contribution in [-0.4, -0.2) is 17.6 Å². The lowest BCUT2D eigenvalue weighted by molar-refractivity contribution is -0.140. The number of carboxylic acid groups (broad SMARTS) is 1. The summed E-state index contributed by atoms with van der Waals surface area (Å²) in [5.41, 5.74) is 4.70. The molecule has 3 heteroatoms. The van der Waals surface area contributed by atoms with Crippen LogP contribution in [0.25, 0.3) is 0 Å². The maximum Gasteiger partial charge on any atom is 0.308 e. The fourth-order valence-corrected chi connectivity index (χ4v) is 2.42. The molecule has 2 aromatic carbocycles. The predicted molar refractivity (Wildman–Crippen MR) is 90.2 cm³/mol. The van der Waals surface area contributed by atoms with Gasteiger partial charge >= 0.3 is 5.97 Å². The molecule has 3 nitrogen and oxygen atoms in total. The highest BCUT2D eigenvalue weighted by molar-refractivity contribution is 5.70. The van der Waals surface area contributed by atoms with E-state index in [9.17, 15) is 9.90 Å². The number of hydrogen-bond donors (Lipinski definition) is 1. The summed E-state index contributed by atoms with van der Waals surface area (Å²) in [7, 11) is 0. The molecule has 0 aliphatic heterocycles. The highest BCUT2D eigenvalue weighted by Gasteiger charge is 2.17. The number of nitrogens with zero attached hydrogens (tertiary/aromatic N) is 1. The molecule has 0 saturated carbocycles. The monoisotopic (exact) mass is 297 g/mol. The van der Waals surface area contributed by atoms with Gasteiger partial charge in [0.25, 0.3) is 0 Å². The Morgan fingerprint density at radius 3 is 2.32 bits per heavy atom. The summed E-state index contributed by atoms with van der Waals surface area (Å²) in [6, 6.07) is 16.5. The van der Waals surface area contributed by atoms with Gasteiger partial charge in [0.15, 0.2) is 0 Å². The summed E-state index contributed by atoms with van der Waals surface area (Å²) in [5.74, 6) is -1.17. The van der Waals surface area contributed by atoms with Crippen molar-refractivity contribution in [3.8, 4) is 0 Å². The van der Waals surface area contributed by atoms with E-state index < -0.39 is 11.9 Å². The van der Waals surface area contributed by atoms with Crippen LogP contribution in [-0.2, 0) is 11.3 Å². The molecule has 2 rings (SSSR count). The van der Waals surface area contributed by atoms with Crippen molar-refractivity contribution in [1.82, 2.24) is 0 Å². The lowest BCUT2D eigenvalue weighted by Crippen LogP contribution is -2.31. The van der Waals surface area contributed by atoms with Crippen LogP contribution < -0.4 is 4.90 Å². The Labute approximate surface area is 132 Å². The first kappa shape index (κ1) is 16.1. The van der Waals surface area contributed by atoms with Crippen LogP contribution >= 0.6 is 0 Å². The van der Waals surface area contributed by atoms with Crippen LogP contribution in [0.1, 0.15) is 23.6 Å². The summed E-state index contributed by atoms with van der Waals surface area (Å²) in [4.78, 5) is 13.4. The Morgan fingerprint density at radius 2 is 1.73 bits per heavy atom. The topological polar surface area (TPSA) is 40.5 Å². The van der Waals surface area contributed by atoms with Crippen molar-refractivity contribution >= 4 is 11.7 Å². The molecule has 116 valence electrons. The summed E-state index contributed by atoms with van der Waals surface area (Å²) in [5, 5.41) is 9.22. The highest BCUT2D eigenvalue weighted by atomic mass is 16.4. The summed E-state index contributed by atoms with van der Waals surface area (Å²) >= 11 is 0. The zero-order chi connectivity index (χ0) is 16.1. The quantitative estimate of drug-likeness (QED) is 0.875. The third kappa shape index (κ3) is 4.10. The van der Waals surface area contributed by atoms with Gasteiger partial charge in [0, 0.05) is 18.8 Å². The summed E-state index contributed by atoms with van der Waals surface area (Å²) < 4.78 is 0. The van der Waals surface area contributed by atoms with Gasteiger partial charge in [-0.2, -0.15) is 0 Å². The van der Waals surface area contributed by atoms with Gasteiger partial charge in [-0.25, -0.2) is 0 Å². The molecule has 1 N–H and O–H groups in total. The van der Waals surface area contributed by atoms with Crippen LogP contribution in [0.4, 0.5) is 5.69 Å². The molecule has 0 saturated heterocycles. The molecule has 1 atom stereocenters. The van der Waals surface area contributed by atoms with Gasteiger partial charge in [-0.15, -0.1) is 0 Å². The van der Waals surface area contributed by atoms with Crippen molar-refractivity contribution in [1.29, 1.82) is 0 Å². The molecule has 0 fully saturated rings. The van der Waals surface area contributed by atoms with Gasteiger partial charge in [-0.1, -0.05) is 48.9 Å². The Balaban J connectivity index is 2.27. The molecule has 22 heavy (non-hydrogen) atoms.